The number of nitrogens with zero attached hydrogens (tertiary/aromatic N) is 5. The molecule has 5 rings (SSSR count). The monoisotopic (exact) mass is 525 g/mol. The fourth-order valence-corrected chi connectivity index (χ4v) is 4.03. The normalized spacial score (nSPS) is 15.5. The zero-order valence-corrected chi connectivity index (χ0v) is 21.4. The van der Waals surface area contributed by atoms with E-state index in [0.29, 0.717) is 63.8 Å². The number of aliphatic hydroxyl groups is 1. The summed E-state index contributed by atoms with van der Waals surface area (Å²) in [6.07, 6.45) is 1.09. The van der Waals surface area contributed by atoms with Gasteiger partial charge in [0.2, 0.25) is 11.9 Å². The number of benzene rings is 2. The Hall–Kier alpha value is -3.67. The second kappa shape index (κ2) is 14.3. The lowest BCUT2D eigenvalue weighted by molar-refractivity contribution is 0.120. The van der Waals surface area contributed by atoms with E-state index in [-0.39, 0.29) is 18.1 Å². The summed E-state index contributed by atoms with van der Waals surface area (Å²) >= 11 is 0. The smallest absolute Gasteiger partial charge is 0.323 e. The largest absolute Gasteiger partial charge is 0.508 e. The van der Waals surface area contributed by atoms with Gasteiger partial charge in [-0.1, -0.05) is 36.4 Å². The zero-order valence-electron chi connectivity index (χ0n) is 21.4. The number of para-hydroxylation sites is 2. The van der Waals surface area contributed by atoms with Crippen molar-refractivity contribution in [2.24, 2.45) is 0 Å². The van der Waals surface area contributed by atoms with Gasteiger partial charge in [0.05, 0.1) is 33.0 Å². The Kier molecular flexibility index (Phi) is 10.3. The van der Waals surface area contributed by atoms with E-state index in [4.69, 9.17) is 24.4 Å². The Labute approximate surface area is 222 Å². The Morgan fingerprint density at radius 2 is 1.16 bits per heavy atom. The molecule has 2 aromatic carbocycles. The molecule has 3 heterocycles. The molecule has 0 saturated carbocycles. The van der Waals surface area contributed by atoms with Gasteiger partial charge < -0.3 is 39.3 Å². The lowest BCUT2D eigenvalue weighted by atomic mass is 10.1. The number of phenolic OH excluding ortho intramolecular Hbond substituents is 2. The van der Waals surface area contributed by atoms with Crippen LogP contribution < -0.4 is 14.5 Å². The highest BCUT2D eigenvalue weighted by Gasteiger charge is 2.21. The Balaban J connectivity index is 0.000000283. The predicted octanol–water partition coefficient (Wildman–Crippen LogP) is 1.80. The molecule has 2 aliphatic rings. The maximum Gasteiger partial charge on any atom is 0.323 e. The van der Waals surface area contributed by atoms with Crippen molar-refractivity contribution in [1.82, 2.24) is 15.0 Å². The van der Waals surface area contributed by atoms with Gasteiger partial charge in [-0.3, -0.25) is 0 Å². The lowest BCUT2D eigenvalue weighted by Gasteiger charge is -2.30. The van der Waals surface area contributed by atoms with E-state index in [9.17, 15) is 5.11 Å². The molecule has 1 aromatic heterocycles. The van der Waals surface area contributed by atoms with Gasteiger partial charge in [-0.15, -0.1) is 0 Å². The van der Waals surface area contributed by atoms with Gasteiger partial charge in [-0.05, 0) is 29.7 Å². The van der Waals surface area contributed by atoms with E-state index >= 15 is 0 Å². The minimum Gasteiger partial charge on any atom is -0.508 e. The van der Waals surface area contributed by atoms with Gasteiger partial charge in [0, 0.05) is 39.2 Å². The van der Waals surface area contributed by atoms with E-state index in [1.54, 1.807) is 30.3 Å². The van der Waals surface area contributed by atoms with E-state index in [1.807, 2.05) is 18.2 Å². The molecular formula is C27H35N5O6. The van der Waals surface area contributed by atoms with Crippen molar-refractivity contribution < 1.29 is 29.5 Å². The molecule has 0 bridgehead atoms. The molecule has 2 saturated heterocycles. The second-order valence-electron chi connectivity index (χ2n) is 8.75. The van der Waals surface area contributed by atoms with Gasteiger partial charge in [0.25, 0.3) is 0 Å². The van der Waals surface area contributed by atoms with E-state index < -0.39 is 0 Å². The molecule has 0 spiro atoms. The Morgan fingerprint density at radius 1 is 0.684 bits per heavy atom. The minimum absolute atomic E-state index is 0.0809. The average molecular weight is 526 g/mol. The van der Waals surface area contributed by atoms with Gasteiger partial charge in [0.1, 0.15) is 11.5 Å². The van der Waals surface area contributed by atoms with Crippen molar-refractivity contribution in [2.45, 2.75) is 12.8 Å². The van der Waals surface area contributed by atoms with Crippen molar-refractivity contribution in [3.8, 4) is 17.5 Å². The Bertz CT molecular complexity index is 1100. The second-order valence-corrected chi connectivity index (χ2v) is 8.75. The standard InChI is InChI=1S/C19H25N5O4.C8H10O2/c25-16-4-2-1-3-15(16)5-10-28-19-21-17(23-6-11-26-12-7-23)20-18(22-19)24-8-13-27-14-9-24;9-6-5-7-3-1-2-4-8(7)10/h1-4,25H,5-14H2;1-4,9-10H,5-6H2. The van der Waals surface area contributed by atoms with Crippen LogP contribution in [0.2, 0.25) is 0 Å². The number of ether oxygens (including phenoxy) is 3. The van der Waals surface area contributed by atoms with Crippen molar-refractivity contribution in [3.05, 3.63) is 59.7 Å². The van der Waals surface area contributed by atoms with Crippen LogP contribution in [0.5, 0.6) is 17.5 Å². The van der Waals surface area contributed by atoms with Crippen molar-refractivity contribution >= 4 is 11.9 Å². The summed E-state index contributed by atoms with van der Waals surface area (Å²) in [4.78, 5) is 17.9. The lowest BCUT2D eigenvalue weighted by Crippen LogP contribution is -2.40. The number of anilines is 2. The van der Waals surface area contributed by atoms with Crippen LogP contribution >= 0.6 is 0 Å². The molecule has 0 atom stereocenters. The molecule has 3 N–H and O–H groups in total. The summed E-state index contributed by atoms with van der Waals surface area (Å²) in [6.45, 7) is 6.03. The van der Waals surface area contributed by atoms with Crippen LogP contribution in [-0.2, 0) is 22.3 Å². The SMILES string of the molecule is OCCc1ccccc1O.Oc1ccccc1CCOc1nc(N2CCOCC2)nc(N2CCOCC2)n1. The van der Waals surface area contributed by atoms with Crippen LogP contribution in [0.15, 0.2) is 48.5 Å². The summed E-state index contributed by atoms with van der Waals surface area (Å²) in [5.74, 6) is 1.75. The number of hydrogen-bond acceptors (Lipinski definition) is 11. The molecule has 2 aliphatic heterocycles. The molecule has 0 unspecified atom stereocenters. The van der Waals surface area contributed by atoms with Crippen molar-refractivity contribution in [1.29, 1.82) is 0 Å². The first kappa shape index (κ1) is 27.4. The molecule has 11 heteroatoms. The summed E-state index contributed by atoms with van der Waals surface area (Å²) in [6, 6.07) is 14.6. The third-order valence-electron chi connectivity index (χ3n) is 6.15. The van der Waals surface area contributed by atoms with Gasteiger partial charge >= 0.3 is 6.01 Å². The number of aromatic hydroxyl groups is 2. The van der Waals surface area contributed by atoms with E-state index in [2.05, 4.69) is 24.8 Å². The fourth-order valence-electron chi connectivity index (χ4n) is 4.03. The van der Waals surface area contributed by atoms with Crippen LogP contribution in [0, 0.1) is 0 Å². The molecule has 2 fully saturated rings. The van der Waals surface area contributed by atoms with E-state index in [1.165, 1.54) is 0 Å². The fraction of sp³-hybridized carbons (Fsp3) is 0.444. The maximum atomic E-state index is 9.90. The Morgan fingerprint density at radius 3 is 1.63 bits per heavy atom. The van der Waals surface area contributed by atoms with Crippen molar-refractivity contribution in [3.63, 3.8) is 0 Å². The van der Waals surface area contributed by atoms with Crippen molar-refractivity contribution in [2.75, 3.05) is 75.6 Å². The number of phenols is 2. The quantitative estimate of drug-likeness (QED) is 0.397. The van der Waals surface area contributed by atoms with Gasteiger partial charge in [0.15, 0.2) is 0 Å². The van der Waals surface area contributed by atoms with Crippen LogP contribution in [0.3, 0.4) is 0 Å². The van der Waals surface area contributed by atoms with E-state index in [0.717, 1.165) is 37.3 Å². The van der Waals surface area contributed by atoms with Crippen LogP contribution in [-0.4, -0.2) is 96.1 Å². The molecule has 0 radical (unpaired) electrons. The first-order chi connectivity index (χ1) is 18.6. The highest BCUT2D eigenvalue weighted by Crippen LogP contribution is 2.21. The molecule has 0 aliphatic carbocycles. The number of rotatable bonds is 8. The number of aliphatic hydroxyl groups excluding tert-OH is 1. The predicted molar refractivity (Wildman–Crippen MR) is 142 cm³/mol. The molecule has 204 valence electrons. The minimum atomic E-state index is 0.0809. The van der Waals surface area contributed by atoms with Crippen LogP contribution in [0.25, 0.3) is 0 Å². The highest BCUT2D eigenvalue weighted by atomic mass is 16.5. The topological polar surface area (TPSA) is 134 Å². The molecule has 3 aromatic rings. The highest BCUT2D eigenvalue weighted by molar-refractivity contribution is 5.41. The average Bonchev–Trinajstić information content (AvgIpc) is 2.97. The maximum absolute atomic E-state index is 9.90. The number of morpholine rings is 2. The molecular weight excluding hydrogens is 490 g/mol. The van der Waals surface area contributed by atoms with Crippen LogP contribution in [0.1, 0.15) is 11.1 Å². The molecule has 0 amide bonds. The van der Waals surface area contributed by atoms with Gasteiger partial charge in [-0.2, -0.15) is 15.0 Å². The van der Waals surface area contributed by atoms with Gasteiger partial charge in [-0.25, -0.2) is 0 Å². The third-order valence-corrected chi connectivity index (χ3v) is 6.15. The number of aromatic nitrogens is 3. The first-order valence-corrected chi connectivity index (χ1v) is 12.8. The summed E-state index contributed by atoms with van der Waals surface area (Å²) in [5.41, 5.74) is 1.63. The first-order valence-electron chi connectivity index (χ1n) is 12.8. The molecule has 38 heavy (non-hydrogen) atoms. The summed E-state index contributed by atoms with van der Waals surface area (Å²) in [5, 5.41) is 27.6. The summed E-state index contributed by atoms with van der Waals surface area (Å²) < 4.78 is 16.7. The third kappa shape index (κ3) is 7.91. The van der Waals surface area contributed by atoms with Crippen LogP contribution in [0.4, 0.5) is 11.9 Å². The number of hydrogen-bond donors (Lipinski definition) is 3. The summed E-state index contributed by atoms with van der Waals surface area (Å²) in [7, 11) is 0. The zero-order chi connectivity index (χ0) is 26.6. The molecule has 11 nitrogen and oxygen atoms in total.